The van der Waals surface area contributed by atoms with Gasteiger partial charge in [0, 0.05) is 25.3 Å². The van der Waals surface area contributed by atoms with E-state index >= 15 is 0 Å². The molecule has 0 aliphatic carbocycles. The van der Waals surface area contributed by atoms with Crippen LogP contribution < -0.4 is 10.2 Å². The van der Waals surface area contributed by atoms with Gasteiger partial charge in [-0.25, -0.2) is 8.42 Å². The van der Waals surface area contributed by atoms with Crippen LogP contribution in [0.1, 0.15) is 38.7 Å². The Kier molecular flexibility index (Phi) is 7.70. The number of nitrogens with one attached hydrogen (secondary N) is 1. The molecule has 2 heterocycles. The summed E-state index contributed by atoms with van der Waals surface area (Å²) >= 11 is 0. The highest BCUT2D eigenvalue weighted by atomic mass is 32.2. The zero-order chi connectivity index (χ0) is 25.9. The Morgan fingerprint density at radius 3 is 2.31 bits per heavy atom. The van der Waals surface area contributed by atoms with E-state index in [2.05, 4.69) is 19.2 Å². The van der Waals surface area contributed by atoms with Crippen molar-refractivity contribution in [3.63, 3.8) is 0 Å². The van der Waals surface area contributed by atoms with Crippen molar-refractivity contribution in [3.05, 3.63) is 60.2 Å². The zero-order valence-electron chi connectivity index (χ0n) is 21.3. The minimum atomic E-state index is -3.65. The summed E-state index contributed by atoms with van der Waals surface area (Å²) in [6, 6.07) is 16.5. The average molecular weight is 513 g/mol. The molecule has 4 rings (SSSR count). The second kappa shape index (κ2) is 10.6. The summed E-state index contributed by atoms with van der Waals surface area (Å²) in [6.07, 6.45) is 1.68. The van der Waals surface area contributed by atoms with Gasteiger partial charge >= 0.3 is 0 Å². The summed E-state index contributed by atoms with van der Waals surface area (Å²) in [7, 11) is -3.65. The third-order valence-corrected chi connectivity index (χ3v) is 9.38. The first kappa shape index (κ1) is 26.2. The number of piperidine rings is 1. The lowest BCUT2D eigenvalue weighted by atomic mass is 9.86. The molecule has 2 saturated heterocycles. The predicted molar refractivity (Wildman–Crippen MR) is 140 cm³/mol. The molecule has 2 fully saturated rings. The Balaban J connectivity index is 1.54. The molecule has 2 aromatic rings. The highest BCUT2D eigenvalue weighted by Crippen LogP contribution is 2.40. The van der Waals surface area contributed by atoms with Crippen molar-refractivity contribution in [2.24, 2.45) is 5.92 Å². The molecule has 0 bridgehead atoms. The van der Waals surface area contributed by atoms with E-state index in [1.807, 2.05) is 42.2 Å². The summed E-state index contributed by atoms with van der Waals surface area (Å²) in [5, 5.41) is 2.94. The van der Waals surface area contributed by atoms with E-state index in [-0.39, 0.29) is 36.3 Å². The van der Waals surface area contributed by atoms with Crippen LogP contribution in [-0.2, 0) is 19.6 Å². The molecule has 1 unspecified atom stereocenters. The summed E-state index contributed by atoms with van der Waals surface area (Å²) in [4.78, 5) is 30.3. The number of rotatable bonds is 8. The third-order valence-electron chi connectivity index (χ3n) is 7.47. The molecular weight excluding hydrogens is 476 g/mol. The minimum absolute atomic E-state index is 0.00820. The number of nitrogens with zero attached hydrogens (tertiary/aromatic N) is 3. The van der Waals surface area contributed by atoms with Crippen LogP contribution in [0.3, 0.4) is 0 Å². The highest BCUT2D eigenvalue weighted by Gasteiger charge is 2.55. The van der Waals surface area contributed by atoms with Crippen LogP contribution in [0.2, 0.25) is 0 Å². The first-order chi connectivity index (χ1) is 17.2. The number of benzene rings is 2. The quantitative estimate of drug-likeness (QED) is 0.587. The number of aryl methyl sites for hydroxylation is 1. The maximum atomic E-state index is 13.8. The fraction of sp³-hybridized carbons (Fsp3) is 0.481. The van der Waals surface area contributed by atoms with E-state index in [0.29, 0.717) is 32.0 Å². The second-order valence-corrected chi connectivity index (χ2v) is 11.9. The summed E-state index contributed by atoms with van der Waals surface area (Å²) in [5.74, 6) is 0.0840. The summed E-state index contributed by atoms with van der Waals surface area (Å²) in [6.45, 7) is 7.41. The van der Waals surface area contributed by atoms with Crippen LogP contribution in [0.4, 0.5) is 5.69 Å². The molecule has 2 amide bonds. The van der Waals surface area contributed by atoms with Gasteiger partial charge in [0.1, 0.15) is 12.1 Å². The molecule has 2 aromatic carbocycles. The number of carbonyl (C=O) groups excluding carboxylic acids is 2. The highest BCUT2D eigenvalue weighted by molar-refractivity contribution is 7.89. The molecular formula is C27H36N4O4S. The smallest absolute Gasteiger partial charge is 0.250 e. The SMILES string of the molecule is CCC(C)CNC(=O)CN1CN(c2ccccc2)C2(CCN(S(=O)(=O)c3ccc(C)cc3)CC2)C1=O. The summed E-state index contributed by atoms with van der Waals surface area (Å²) in [5.41, 5.74) is 1.01. The van der Waals surface area contributed by atoms with Gasteiger partial charge in [0.15, 0.2) is 0 Å². The fourth-order valence-corrected chi connectivity index (χ4v) is 6.38. The van der Waals surface area contributed by atoms with Crippen molar-refractivity contribution in [3.8, 4) is 0 Å². The van der Waals surface area contributed by atoms with Gasteiger partial charge in [-0.3, -0.25) is 9.59 Å². The number of sulfonamides is 1. The Morgan fingerprint density at radius 2 is 1.69 bits per heavy atom. The zero-order valence-corrected chi connectivity index (χ0v) is 22.1. The van der Waals surface area contributed by atoms with Gasteiger partial charge in [-0.05, 0) is 49.9 Å². The summed E-state index contributed by atoms with van der Waals surface area (Å²) < 4.78 is 28.0. The first-order valence-corrected chi connectivity index (χ1v) is 14.1. The van der Waals surface area contributed by atoms with E-state index in [1.54, 1.807) is 29.2 Å². The van der Waals surface area contributed by atoms with E-state index < -0.39 is 15.6 Å². The number of hydrogen-bond donors (Lipinski definition) is 1. The third kappa shape index (κ3) is 5.13. The molecule has 9 heteroatoms. The van der Waals surface area contributed by atoms with E-state index in [0.717, 1.165) is 17.7 Å². The lowest BCUT2D eigenvalue weighted by Gasteiger charge is -2.42. The van der Waals surface area contributed by atoms with Crippen LogP contribution >= 0.6 is 0 Å². The van der Waals surface area contributed by atoms with Gasteiger partial charge in [-0.2, -0.15) is 4.31 Å². The predicted octanol–water partition coefficient (Wildman–Crippen LogP) is 2.99. The van der Waals surface area contributed by atoms with E-state index in [4.69, 9.17) is 0 Å². The van der Waals surface area contributed by atoms with Gasteiger partial charge in [0.25, 0.3) is 0 Å². The van der Waals surface area contributed by atoms with Gasteiger partial charge < -0.3 is 15.1 Å². The van der Waals surface area contributed by atoms with E-state index in [9.17, 15) is 18.0 Å². The monoisotopic (exact) mass is 512 g/mol. The molecule has 2 aliphatic rings. The van der Waals surface area contributed by atoms with Gasteiger partial charge in [0.2, 0.25) is 21.8 Å². The van der Waals surface area contributed by atoms with Gasteiger partial charge in [-0.1, -0.05) is 56.2 Å². The van der Waals surface area contributed by atoms with Gasteiger partial charge in [-0.15, -0.1) is 0 Å². The van der Waals surface area contributed by atoms with Crippen LogP contribution in [-0.4, -0.2) is 67.8 Å². The Bertz CT molecular complexity index is 1180. The van der Waals surface area contributed by atoms with Crippen LogP contribution in [0.25, 0.3) is 0 Å². The molecule has 0 radical (unpaired) electrons. The Hall–Kier alpha value is -2.91. The fourth-order valence-electron chi connectivity index (χ4n) is 4.94. The Labute approximate surface area is 214 Å². The molecule has 8 nitrogen and oxygen atoms in total. The van der Waals surface area contributed by atoms with Crippen LogP contribution in [0, 0.1) is 12.8 Å². The maximum Gasteiger partial charge on any atom is 0.250 e. The minimum Gasteiger partial charge on any atom is -0.354 e. The largest absolute Gasteiger partial charge is 0.354 e. The lowest BCUT2D eigenvalue weighted by Crippen LogP contribution is -2.57. The molecule has 194 valence electrons. The number of anilines is 1. The van der Waals surface area contributed by atoms with Crippen LogP contribution in [0.15, 0.2) is 59.5 Å². The normalized spacial score (nSPS) is 19.0. The molecule has 36 heavy (non-hydrogen) atoms. The number of hydrogen-bond acceptors (Lipinski definition) is 5. The number of para-hydroxylation sites is 1. The maximum absolute atomic E-state index is 13.8. The second-order valence-electron chi connectivity index (χ2n) is 9.97. The Morgan fingerprint density at radius 1 is 1.06 bits per heavy atom. The van der Waals surface area contributed by atoms with Crippen molar-refractivity contribution < 1.29 is 18.0 Å². The topological polar surface area (TPSA) is 90.0 Å². The first-order valence-electron chi connectivity index (χ1n) is 12.6. The molecule has 0 saturated carbocycles. The molecule has 2 aliphatic heterocycles. The molecule has 1 spiro atoms. The van der Waals surface area contributed by atoms with Crippen molar-refractivity contribution in [1.82, 2.24) is 14.5 Å². The molecule has 0 aromatic heterocycles. The van der Waals surface area contributed by atoms with Crippen molar-refractivity contribution in [2.75, 3.05) is 37.7 Å². The van der Waals surface area contributed by atoms with Crippen LogP contribution in [0.5, 0.6) is 0 Å². The molecule has 1 N–H and O–H groups in total. The molecule has 1 atom stereocenters. The lowest BCUT2D eigenvalue weighted by molar-refractivity contribution is -0.137. The van der Waals surface area contributed by atoms with Crippen molar-refractivity contribution >= 4 is 27.5 Å². The average Bonchev–Trinajstić information content (AvgIpc) is 3.14. The van der Waals surface area contributed by atoms with E-state index in [1.165, 1.54) is 4.31 Å². The van der Waals surface area contributed by atoms with Gasteiger partial charge in [0.05, 0.1) is 11.6 Å². The number of amides is 2. The van der Waals surface area contributed by atoms with Crippen molar-refractivity contribution in [2.45, 2.75) is 50.5 Å². The van der Waals surface area contributed by atoms with Crippen molar-refractivity contribution in [1.29, 1.82) is 0 Å². The number of carbonyl (C=O) groups is 2. The standard InChI is InChI=1S/C27H36N4O4S/c1-4-21(2)18-28-25(32)19-29-20-31(23-8-6-5-7-9-23)27(26(29)33)14-16-30(17-15-27)36(34,35)24-12-10-22(3)11-13-24/h5-13,21H,4,14-20H2,1-3H3,(H,28,32).